The fourth-order valence-electron chi connectivity index (χ4n) is 4.60. The normalized spacial score (nSPS) is 18.2. The van der Waals surface area contributed by atoms with Crippen LogP contribution in [0.5, 0.6) is 11.5 Å². The van der Waals surface area contributed by atoms with Crippen LogP contribution in [0.2, 0.25) is 0 Å². The number of piperidine rings is 1. The van der Waals surface area contributed by atoms with Crippen molar-refractivity contribution in [3.8, 4) is 11.5 Å². The lowest BCUT2D eigenvalue weighted by Crippen LogP contribution is -2.48. The van der Waals surface area contributed by atoms with E-state index in [1.165, 1.54) is 6.07 Å². The molecule has 3 aromatic rings. The number of amides is 3. The molecule has 1 saturated heterocycles. The molecule has 212 valence electrons. The number of hydrogen-bond donors (Lipinski definition) is 4. The summed E-state index contributed by atoms with van der Waals surface area (Å²) in [5, 5.41) is 9.69. The maximum Gasteiger partial charge on any atom is 0.243 e. The molecule has 3 unspecified atom stereocenters. The molecule has 11 heteroatoms. The van der Waals surface area contributed by atoms with Gasteiger partial charge in [-0.05, 0) is 54.7 Å². The number of fused-ring (bicyclic) bond motifs is 1. The highest BCUT2D eigenvalue weighted by molar-refractivity contribution is 7.10. The molecule has 2 fully saturated rings. The fourth-order valence-corrected chi connectivity index (χ4v) is 5.43. The van der Waals surface area contributed by atoms with Gasteiger partial charge >= 0.3 is 0 Å². The third kappa shape index (κ3) is 7.66. The minimum Gasteiger partial charge on any atom is -0.457 e. The SMILES string of the molecule is CC.N=C(N)c1cc(CNC(=O)C2CC3CC3N2C(=O)Cc2ccc(Oc3ccccc3)cc2)sc1F.NC=O. The van der Waals surface area contributed by atoms with Crippen LogP contribution in [0, 0.1) is 16.5 Å². The van der Waals surface area contributed by atoms with E-state index in [1.54, 1.807) is 4.90 Å². The Labute approximate surface area is 236 Å². The number of carbonyl (C=O) groups excluding carboxylic acids is 3. The van der Waals surface area contributed by atoms with Crippen LogP contribution in [0.4, 0.5) is 4.39 Å². The highest BCUT2D eigenvalue weighted by Gasteiger charge is 2.55. The predicted octanol–water partition coefficient (Wildman–Crippen LogP) is 3.94. The van der Waals surface area contributed by atoms with Gasteiger partial charge in [0, 0.05) is 10.9 Å². The lowest BCUT2D eigenvalue weighted by Gasteiger charge is -2.27. The number of nitrogens with zero attached hydrogens (tertiary/aromatic N) is 1. The van der Waals surface area contributed by atoms with Crippen LogP contribution >= 0.6 is 11.3 Å². The molecule has 2 heterocycles. The number of halogens is 1. The third-order valence-corrected chi connectivity index (χ3v) is 7.34. The van der Waals surface area contributed by atoms with Gasteiger partial charge in [0.05, 0.1) is 18.5 Å². The Morgan fingerprint density at radius 2 is 1.75 bits per heavy atom. The van der Waals surface area contributed by atoms with E-state index in [2.05, 4.69) is 11.1 Å². The molecule has 40 heavy (non-hydrogen) atoms. The molecule has 0 spiro atoms. The van der Waals surface area contributed by atoms with Gasteiger partial charge in [0.1, 0.15) is 23.4 Å². The summed E-state index contributed by atoms with van der Waals surface area (Å²) < 4.78 is 19.7. The van der Waals surface area contributed by atoms with Crippen LogP contribution in [-0.4, -0.2) is 41.0 Å². The molecule has 1 aromatic heterocycles. The first-order valence-corrected chi connectivity index (χ1v) is 13.8. The van der Waals surface area contributed by atoms with Crippen LogP contribution in [0.1, 0.15) is 42.7 Å². The van der Waals surface area contributed by atoms with Crippen LogP contribution < -0.4 is 21.5 Å². The van der Waals surface area contributed by atoms with Crippen molar-refractivity contribution >= 4 is 35.4 Å². The highest BCUT2D eigenvalue weighted by Crippen LogP contribution is 2.48. The molecule has 3 atom stereocenters. The first-order valence-electron chi connectivity index (χ1n) is 13.0. The zero-order chi connectivity index (χ0) is 29.2. The lowest BCUT2D eigenvalue weighted by molar-refractivity contribution is -0.139. The summed E-state index contributed by atoms with van der Waals surface area (Å²) in [6, 6.07) is 17.9. The van der Waals surface area contributed by atoms with Gasteiger partial charge in [-0.3, -0.25) is 19.8 Å². The van der Waals surface area contributed by atoms with Gasteiger partial charge in [0.25, 0.3) is 0 Å². The van der Waals surface area contributed by atoms with E-state index in [0.29, 0.717) is 23.0 Å². The Hall–Kier alpha value is -4.25. The summed E-state index contributed by atoms with van der Waals surface area (Å²) in [6.07, 6.45) is 2.03. The van der Waals surface area contributed by atoms with E-state index in [0.717, 1.165) is 29.1 Å². The first-order chi connectivity index (χ1) is 19.3. The number of rotatable bonds is 8. The molecule has 3 amide bonds. The van der Waals surface area contributed by atoms with Crippen molar-refractivity contribution in [1.82, 2.24) is 10.2 Å². The Morgan fingerprint density at radius 1 is 1.12 bits per heavy atom. The number of hydrogen-bond acceptors (Lipinski definition) is 6. The summed E-state index contributed by atoms with van der Waals surface area (Å²) in [6.45, 7) is 4.13. The van der Waals surface area contributed by atoms with Gasteiger partial charge in [0.15, 0.2) is 5.13 Å². The van der Waals surface area contributed by atoms with Crippen molar-refractivity contribution in [2.75, 3.05) is 0 Å². The van der Waals surface area contributed by atoms with Gasteiger partial charge in [0.2, 0.25) is 18.2 Å². The molecule has 2 aromatic carbocycles. The van der Waals surface area contributed by atoms with E-state index in [4.69, 9.17) is 20.7 Å². The standard InChI is InChI=1S/C26H25FN4O3S.C2H6.CH3NO/c27-24-20(25(28)29)13-19(35-24)14-30-26(33)22-12-16-11-21(16)31(22)23(32)10-15-6-8-18(9-7-15)34-17-4-2-1-3-5-17;1-2;2-1-3/h1-9,13,16,21-22H,10-12,14H2,(H3,28,29)(H,30,33);1-2H3;1H,(H2,2,3). The van der Waals surface area contributed by atoms with Crippen molar-refractivity contribution in [2.24, 2.45) is 17.4 Å². The topological polar surface area (TPSA) is 152 Å². The molecule has 0 bridgehead atoms. The molecule has 0 radical (unpaired) electrons. The number of amidine groups is 1. The fraction of sp³-hybridized carbons (Fsp3) is 0.310. The largest absolute Gasteiger partial charge is 0.457 e. The van der Waals surface area contributed by atoms with E-state index >= 15 is 0 Å². The smallest absolute Gasteiger partial charge is 0.243 e. The molecule has 1 aliphatic heterocycles. The van der Waals surface area contributed by atoms with Crippen molar-refractivity contribution < 1.29 is 23.5 Å². The number of para-hydroxylation sites is 1. The van der Waals surface area contributed by atoms with Crippen molar-refractivity contribution in [2.45, 2.75) is 51.7 Å². The molecule has 9 nitrogen and oxygen atoms in total. The summed E-state index contributed by atoms with van der Waals surface area (Å²) in [5.74, 6) is 1.13. The second kappa shape index (κ2) is 14.2. The summed E-state index contributed by atoms with van der Waals surface area (Å²) >= 11 is 0.854. The number of nitrogens with one attached hydrogen (secondary N) is 2. The number of carbonyl (C=O) groups is 3. The second-order valence-electron chi connectivity index (χ2n) is 9.02. The number of nitrogen functional groups attached to an aromatic ring is 1. The summed E-state index contributed by atoms with van der Waals surface area (Å²) in [7, 11) is 0. The number of thiophene rings is 1. The van der Waals surface area contributed by atoms with Gasteiger partial charge in [-0.15, -0.1) is 11.3 Å². The number of likely N-dealkylation sites (tertiary alicyclic amines) is 1. The van der Waals surface area contributed by atoms with Gasteiger partial charge in [-0.25, -0.2) is 0 Å². The Kier molecular flexibility index (Phi) is 10.8. The third-order valence-electron chi connectivity index (χ3n) is 6.42. The first kappa shape index (κ1) is 30.3. The summed E-state index contributed by atoms with van der Waals surface area (Å²) in [4.78, 5) is 37.0. The molecule has 2 aliphatic rings. The average Bonchev–Trinajstić information content (AvgIpc) is 3.44. The second-order valence-corrected chi connectivity index (χ2v) is 10.1. The van der Waals surface area contributed by atoms with E-state index in [-0.39, 0.29) is 48.6 Å². The highest BCUT2D eigenvalue weighted by atomic mass is 32.1. The lowest BCUT2D eigenvalue weighted by atomic mass is 10.1. The van der Waals surface area contributed by atoms with Crippen LogP contribution in [0.3, 0.4) is 0 Å². The molecule has 1 saturated carbocycles. The molecule has 1 aliphatic carbocycles. The monoisotopic (exact) mass is 567 g/mol. The number of ether oxygens (including phenoxy) is 1. The van der Waals surface area contributed by atoms with Crippen LogP contribution in [-0.2, 0) is 27.3 Å². The predicted molar refractivity (Wildman–Crippen MR) is 153 cm³/mol. The van der Waals surface area contributed by atoms with Crippen LogP contribution in [0.25, 0.3) is 0 Å². The Bertz CT molecular complexity index is 1320. The average molecular weight is 568 g/mol. The minimum atomic E-state index is -0.541. The van der Waals surface area contributed by atoms with Gasteiger partial charge in [-0.2, -0.15) is 4.39 Å². The number of nitrogens with two attached hydrogens (primary N) is 2. The molecule has 5 rings (SSSR count). The molecular formula is C29H34FN5O4S. The summed E-state index contributed by atoms with van der Waals surface area (Å²) in [5.41, 5.74) is 10.4. The van der Waals surface area contributed by atoms with E-state index in [1.807, 2.05) is 68.4 Å². The van der Waals surface area contributed by atoms with E-state index < -0.39 is 11.2 Å². The zero-order valence-corrected chi connectivity index (χ0v) is 23.2. The van der Waals surface area contributed by atoms with Gasteiger partial charge < -0.3 is 26.4 Å². The Morgan fingerprint density at radius 3 is 2.35 bits per heavy atom. The molecule has 6 N–H and O–H groups in total. The van der Waals surface area contributed by atoms with Crippen molar-refractivity contribution in [3.63, 3.8) is 0 Å². The Balaban J connectivity index is 0.000000827. The maximum absolute atomic E-state index is 13.9. The van der Waals surface area contributed by atoms with Crippen LogP contribution in [0.15, 0.2) is 60.7 Å². The maximum atomic E-state index is 13.9. The van der Waals surface area contributed by atoms with Crippen molar-refractivity contribution in [1.29, 1.82) is 5.41 Å². The number of primary amides is 1. The van der Waals surface area contributed by atoms with E-state index in [9.17, 15) is 14.0 Å². The minimum absolute atomic E-state index is 0.0401. The molecular weight excluding hydrogens is 533 g/mol. The van der Waals surface area contributed by atoms with Crippen molar-refractivity contribution in [3.05, 3.63) is 81.8 Å². The zero-order valence-electron chi connectivity index (χ0n) is 22.4. The van der Waals surface area contributed by atoms with Gasteiger partial charge in [-0.1, -0.05) is 44.2 Å². The number of benzene rings is 2. The quantitative estimate of drug-likeness (QED) is 0.185.